The van der Waals surface area contributed by atoms with Crippen LogP contribution >= 0.6 is 12.2 Å². The van der Waals surface area contributed by atoms with E-state index in [2.05, 4.69) is 5.32 Å². The lowest BCUT2D eigenvalue weighted by Gasteiger charge is -2.10. The van der Waals surface area contributed by atoms with E-state index in [0.29, 0.717) is 11.3 Å². The van der Waals surface area contributed by atoms with Gasteiger partial charge in [-0.3, -0.25) is 4.79 Å². The van der Waals surface area contributed by atoms with Crippen LogP contribution in [-0.4, -0.2) is 16.9 Å². The maximum Gasteiger partial charge on any atom is 0.255 e. The molecule has 0 saturated carbocycles. The Labute approximate surface area is 87.5 Å². The lowest BCUT2D eigenvalue weighted by Crippen LogP contribution is -2.41. The van der Waals surface area contributed by atoms with E-state index in [4.69, 9.17) is 22.4 Å². The summed E-state index contributed by atoms with van der Waals surface area (Å²) in [5.74, 6) is 0.459. The number of nitrogens with two attached hydrogens (primary N) is 1. The van der Waals surface area contributed by atoms with Gasteiger partial charge in [-0.25, -0.2) is 0 Å². The molecular weight excluding hydrogens is 200 g/mol. The molecule has 1 aromatic rings. The van der Waals surface area contributed by atoms with Crippen LogP contribution in [0, 0.1) is 6.92 Å². The summed E-state index contributed by atoms with van der Waals surface area (Å²) in [4.78, 5) is 11.7. The van der Waals surface area contributed by atoms with Gasteiger partial charge in [-0.05, 0) is 19.9 Å². The molecule has 1 aromatic heterocycles. The van der Waals surface area contributed by atoms with Crippen LogP contribution < -0.4 is 11.1 Å². The number of hydrogen-bond donors (Lipinski definition) is 2. The normalized spacial score (nSPS) is 12.1. The fourth-order valence-electron chi connectivity index (χ4n) is 0.914. The zero-order valence-corrected chi connectivity index (χ0v) is 8.85. The highest BCUT2D eigenvalue weighted by atomic mass is 32.1. The Morgan fingerprint density at radius 1 is 1.71 bits per heavy atom. The molecule has 1 amide bonds. The van der Waals surface area contributed by atoms with Gasteiger partial charge in [0.1, 0.15) is 12.0 Å². The van der Waals surface area contributed by atoms with Crippen LogP contribution in [0.15, 0.2) is 16.7 Å². The molecule has 3 N–H and O–H groups in total. The van der Waals surface area contributed by atoms with E-state index in [1.165, 1.54) is 6.26 Å². The molecule has 1 unspecified atom stereocenters. The summed E-state index contributed by atoms with van der Waals surface area (Å²) in [7, 11) is 0. The minimum absolute atomic E-state index is 0.234. The number of carbonyl (C=O) groups excluding carboxylic acids is 1. The Morgan fingerprint density at radius 2 is 2.36 bits per heavy atom. The van der Waals surface area contributed by atoms with Crippen molar-refractivity contribution in [2.24, 2.45) is 5.73 Å². The molecule has 1 atom stereocenters. The number of rotatable bonds is 3. The second-order valence-corrected chi connectivity index (χ2v) is 3.51. The molecule has 1 rings (SSSR count). The molecule has 0 bridgehead atoms. The van der Waals surface area contributed by atoms with Gasteiger partial charge in [-0.2, -0.15) is 0 Å². The molecule has 76 valence electrons. The predicted octanol–water partition coefficient (Wildman–Crippen LogP) is 0.992. The third kappa shape index (κ3) is 2.56. The summed E-state index contributed by atoms with van der Waals surface area (Å²) in [5.41, 5.74) is 5.84. The van der Waals surface area contributed by atoms with Gasteiger partial charge >= 0.3 is 0 Å². The van der Waals surface area contributed by atoms with Crippen LogP contribution in [0.2, 0.25) is 0 Å². The minimum atomic E-state index is -0.312. The first-order valence-electron chi connectivity index (χ1n) is 4.16. The quantitative estimate of drug-likeness (QED) is 0.733. The third-order valence-electron chi connectivity index (χ3n) is 1.77. The lowest BCUT2D eigenvalue weighted by atomic mass is 10.2. The Hall–Kier alpha value is -1.36. The Balaban J connectivity index is 2.63. The highest BCUT2D eigenvalue weighted by Gasteiger charge is 2.12. The monoisotopic (exact) mass is 212 g/mol. The van der Waals surface area contributed by atoms with Gasteiger partial charge < -0.3 is 15.5 Å². The molecule has 0 spiro atoms. The second kappa shape index (κ2) is 4.23. The van der Waals surface area contributed by atoms with Gasteiger partial charge in [0.15, 0.2) is 0 Å². The topological polar surface area (TPSA) is 68.3 Å². The third-order valence-corrected chi connectivity index (χ3v) is 2.12. The highest BCUT2D eigenvalue weighted by molar-refractivity contribution is 7.80. The Morgan fingerprint density at radius 3 is 2.79 bits per heavy atom. The molecule has 0 saturated heterocycles. The van der Waals surface area contributed by atoms with Crippen molar-refractivity contribution >= 4 is 23.1 Å². The summed E-state index contributed by atoms with van der Waals surface area (Å²) >= 11 is 4.73. The predicted molar refractivity (Wildman–Crippen MR) is 57.2 cm³/mol. The minimum Gasteiger partial charge on any atom is -0.469 e. The molecule has 1 heterocycles. The van der Waals surface area contributed by atoms with Crippen molar-refractivity contribution in [3.05, 3.63) is 23.7 Å². The fourth-order valence-corrected chi connectivity index (χ4v) is 0.973. The number of carbonyl (C=O) groups is 1. The van der Waals surface area contributed by atoms with Crippen LogP contribution in [0.5, 0.6) is 0 Å². The summed E-state index contributed by atoms with van der Waals surface area (Å²) in [6.45, 7) is 3.50. The number of thiocarbonyl (C=S) groups is 1. The van der Waals surface area contributed by atoms with E-state index in [0.717, 1.165) is 0 Å². The van der Waals surface area contributed by atoms with Gasteiger partial charge in [-0.1, -0.05) is 12.2 Å². The molecule has 0 aliphatic heterocycles. The van der Waals surface area contributed by atoms with E-state index in [9.17, 15) is 4.79 Å². The molecular formula is C9H12N2O2S. The number of nitrogens with one attached hydrogen (secondary N) is 1. The largest absolute Gasteiger partial charge is 0.469 e. The van der Waals surface area contributed by atoms with Crippen LogP contribution in [0.4, 0.5) is 0 Å². The zero-order valence-electron chi connectivity index (χ0n) is 8.03. The van der Waals surface area contributed by atoms with Crippen molar-refractivity contribution in [2.75, 3.05) is 0 Å². The van der Waals surface area contributed by atoms with Crippen molar-refractivity contribution in [2.45, 2.75) is 19.9 Å². The molecule has 4 nitrogen and oxygen atoms in total. The lowest BCUT2D eigenvalue weighted by molar-refractivity contribution is 0.0948. The van der Waals surface area contributed by atoms with Gasteiger partial charge in [0.25, 0.3) is 5.91 Å². The average molecular weight is 212 g/mol. The first-order valence-corrected chi connectivity index (χ1v) is 4.57. The summed E-state index contributed by atoms with van der Waals surface area (Å²) < 4.78 is 5.00. The van der Waals surface area contributed by atoms with Crippen LogP contribution in [-0.2, 0) is 0 Å². The van der Waals surface area contributed by atoms with Crippen LogP contribution in [0.25, 0.3) is 0 Å². The molecule has 5 heteroatoms. The molecule has 0 aliphatic rings. The standard InChI is InChI=1S/C9H12N2O2S/c1-5-3-7(4-13-5)9(12)11-6(2)8(10)14/h3-4,6H,1-2H3,(H2,10,14)(H,11,12). The molecule has 14 heavy (non-hydrogen) atoms. The highest BCUT2D eigenvalue weighted by Crippen LogP contribution is 2.05. The first kappa shape index (κ1) is 10.7. The van der Waals surface area contributed by atoms with Crippen LogP contribution in [0.1, 0.15) is 23.0 Å². The average Bonchev–Trinajstić information content (AvgIpc) is 2.51. The Kier molecular flexibility index (Phi) is 3.24. The number of aryl methyl sites for hydroxylation is 1. The van der Waals surface area contributed by atoms with E-state index < -0.39 is 0 Å². The van der Waals surface area contributed by atoms with E-state index in [-0.39, 0.29) is 16.9 Å². The van der Waals surface area contributed by atoms with Gasteiger partial charge in [0, 0.05) is 0 Å². The number of amides is 1. The maximum absolute atomic E-state index is 11.5. The van der Waals surface area contributed by atoms with E-state index in [1.54, 1.807) is 19.9 Å². The number of hydrogen-bond acceptors (Lipinski definition) is 3. The van der Waals surface area contributed by atoms with E-state index >= 15 is 0 Å². The molecule has 0 fully saturated rings. The second-order valence-electron chi connectivity index (χ2n) is 3.04. The van der Waals surface area contributed by atoms with Crippen molar-refractivity contribution in [1.29, 1.82) is 0 Å². The summed E-state index contributed by atoms with van der Waals surface area (Å²) in [5, 5.41) is 2.64. The summed E-state index contributed by atoms with van der Waals surface area (Å²) in [6, 6.07) is 1.34. The number of furan rings is 1. The van der Waals surface area contributed by atoms with Gasteiger partial charge in [0.2, 0.25) is 0 Å². The smallest absolute Gasteiger partial charge is 0.255 e. The summed E-state index contributed by atoms with van der Waals surface area (Å²) in [6.07, 6.45) is 1.40. The van der Waals surface area contributed by atoms with E-state index in [1.807, 2.05) is 0 Å². The molecule has 0 radical (unpaired) electrons. The first-order chi connectivity index (χ1) is 6.50. The van der Waals surface area contributed by atoms with Crippen molar-refractivity contribution in [3.63, 3.8) is 0 Å². The van der Waals surface area contributed by atoms with Gasteiger partial charge in [0.05, 0.1) is 16.6 Å². The fraction of sp³-hybridized carbons (Fsp3) is 0.333. The van der Waals surface area contributed by atoms with Gasteiger partial charge in [-0.15, -0.1) is 0 Å². The zero-order chi connectivity index (χ0) is 10.7. The Bertz CT molecular complexity index is 359. The SMILES string of the molecule is Cc1cc(C(=O)NC(C)C(N)=S)co1. The molecule has 0 aliphatic carbocycles. The van der Waals surface area contributed by atoms with Crippen molar-refractivity contribution in [1.82, 2.24) is 5.32 Å². The van der Waals surface area contributed by atoms with Crippen molar-refractivity contribution in [3.8, 4) is 0 Å². The molecule has 0 aromatic carbocycles. The maximum atomic E-state index is 11.5. The van der Waals surface area contributed by atoms with Crippen LogP contribution in [0.3, 0.4) is 0 Å². The van der Waals surface area contributed by atoms with Crippen molar-refractivity contribution < 1.29 is 9.21 Å².